The monoisotopic (exact) mass is 697 g/mol. The summed E-state index contributed by atoms with van der Waals surface area (Å²) in [4.78, 5) is 24.3. The molecular weight excluding hydrogens is 667 g/mol. The largest absolute Gasteiger partial charge is 0.481 e. The van der Waals surface area contributed by atoms with E-state index in [0.717, 1.165) is 12.3 Å². The van der Waals surface area contributed by atoms with Crippen LogP contribution in [0.3, 0.4) is 0 Å². The molecule has 0 amide bonds. The molecule has 2 aromatic heterocycles. The predicted octanol–water partition coefficient (Wildman–Crippen LogP) is 4.62. The molecule has 17 heteroatoms. The number of fused-ring (bicyclic) bond motifs is 1. The Morgan fingerprint density at radius 2 is 2.00 bits per heavy atom. The summed E-state index contributed by atoms with van der Waals surface area (Å²) in [6, 6.07) is 3.89. The van der Waals surface area contributed by atoms with E-state index in [4.69, 9.17) is 21.7 Å². The second-order valence-corrected chi connectivity index (χ2v) is 14.7. The van der Waals surface area contributed by atoms with Crippen LogP contribution in [-0.2, 0) is 14.8 Å². The minimum atomic E-state index is -3.75. The molecule has 246 valence electrons. The van der Waals surface area contributed by atoms with Gasteiger partial charge < -0.3 is 14.9 Å². The van der Waals surface area contributed by atoms with Crippen LogP contribution in [0.15, 0.2) is 52.7 Å². The average molecular weight is 698 g/mol. The number of alkyl halides is 2. The van der Waals surface area contributed by atoms with E-state index in [9.17, 15) is 26.4 Å². The number of hydrogen-bond acceptors (Lipinski definition) is 9. The van der Waals surface area contributed by atoms with Crippen LogP contribution in [0.4, 0.5) is 13.2 Å². The van der Waals surface area contributed by atoms with Crippen molar-refractivity contribution < 1.29 is 31.5 Å². The van der Waals surface area contributed by atoms with Crippen LogP contribution >= 0.6 is 22.9 Å². The number of benzene rings is 1. The number of amidine groups is 1. The molecule has 0 aliphatic carbocycles. The number of aliphatic imine (C=N–C) groups is 1. The molecule has 0 spiro atoms. The van der Waals surface area contributed by atoms with E-state index in [2.05, 4.69) is 14.8 Å². The van der Waals surface area contributed by atoms with Crippen molar-refractivity contribution >= 4 is 50.3 Å². The summed E-state index contributed by atoms with van der Waals surface area (Å²) in [5.41, 5.74) is 1.72. The molecule has 5 heterocycles. The highest BCUT2D eigenvalue weighted by Crippen LogP contribution is 2.46. The van der Waals surface area contributed by atoms with Crippen LogP contribution in [-0.4, -0.2) is 87.9 Å². The average Bonchev–Trinajstić information content (AvgIpc) is 3.77. The Balaban J connectivity index is 1.29. The minimum Gasteiger partial charge on any atom is -0.481 e. The number of carbonyl (C=O) groups is 1. The topological polar surface area (TPSA) is 133 Å². The second kappa shape index (κ2) is 13.4. The summed E-state index contributed by atoms with van der Waals surface area (Å²) < 4.78 is 71.2. The zero-order valence-corrected chi connectivity index (χ0v) is 26.8. The zero-order valence-electron chi connectivity index (χ0n) is 24.4. The van der Waals surface area contributed by atoms with Crippen molar-refractivity contribution in [1.29, 1.82) is 0 Å². The van der Waals surface area contributed by atoms with Gasteiger partial charge in [-0.15, -0.1) is 11.3 Å². The van der Waals surface area contributed by atoms with Crippen molar-refractivity contribution in [3.05, 3.63) is 74.8 Å². The molecule has 0 bridgehead atoms. The molecule has 3 aromatic rings. The number of sulfonamides is 1. The van der Waals surface area contributed by atoms with E-state index in [-0.39, 0.29) is 41.8 Å². The lowest BCUT2D eigenvalue weighted by Gasteiger charge is -2.32. The number of rotatable bonds is 11. The number of thiazole rings is 1. The van der Waals surface area contributed by atoms with Crippen LogP contribution in [0.5, 0.6) is 0 Å². The van der Waals surface area contributed by atoms with Gasteiger partial charge in [-0.3, -0.25) is 9.79 Å². The summed E-state index contributed by atoms with van der Waals surface area (Å²) in [6.45, 7) is -1.11. The highest BCUT2D eigenvalue weighted by atomic mass is 35.5. The molecule has 11 nitrogen and oxygen atoms in total. The maximum atomic E-state index is 14.1. The van der Waals surface area contributed by atoms with Gasteiger partial charge in [0.2, 0.25) is 10.0 Å². The standard InChI is InChI=1S/C29H31ClF3N7O4S2/c30-21-14-18(31)1-2-20(21)26-25(22-5-9-40(36-22)29(32)33)23-15-19(16-39(23)27(35-26)28-34-6-11-45-28)37-46(43,44)12-10-38-7-3-17(4-8-38)13-24(41)42/h1-2,5-6,9,11,14,17,19,26,29,37H,3-4,7-8,10,12-13,15-16H2,(H,41,42)/t19-,26-/m0/s1. The van der Waals surface area contributed by atoms with Crippen LogP contribution in [0.25, 0.3) is 5.57 Å². The van der Waals surface area contributed by atoms with Crippen LogP contribution in [0.2, 0.25) is 5.02 Å². The normalized spacial score (nSPS) is 21.2. The summed E-state index contributed by atoms with van der Waals surface area (Å²) in [7, 11) is -3.75. The van der Waals surface area contributed by atoms with Crippen LogP contribution < -0.4 is 4.72 Å². The molecular formula is C29H31ClF3N7O4S2. The third-order valence-corrected chi connectivity index (χ3v) is 10.9. The second-order valence-electron chi connectivity index (χ2n) is 11.5. The van der Waals surface area contributed by atoms with E-state index >= 15 is 0 Å². The van der Waals surface area contributed by atoms with Gasteiger partial charge in [0.15, 0.2) is 10.8 Å². The molecule has 1 aromatic carbocycles. The Morgan fingerprint density at radius 3 is 2.65 bits per heavy atom. The molecule has 2 saturated heterocycles. The number of likely N-dealkylation sites (tertiary alicyclic amines) is 1. The molecule has 0 radical (unpaired) electrons. The van der Waals surface area contributed by atoms with E-state index in [1.54, 1.807) is 11.6 Å². The van der Waals surface area contributed by atoms with Gasteiger partial charge in [-0.2, -0.15) is 13.9 Å². The molecule has 2 fully saturated rings. The Kier molecular flexibility index (Phi) is 9.53. The van der Waals surface area contributed by atoms with Crippen molar-refractivity contribution in [3.63, 3.8) is 0 Å². The first-order valence-electron chi connectivity index (χ1n) is 14.7. The van der Waals surface area contributed by atoms with E-state index in [1.165, 1.54) is 29.5 Å². The van der Waals surface area contributed by atoms with Gasteiger partial charge in [-0.05, 0) is 50.0 Å². The third-order valence-electron chi connectivity index (χ3n) is 8.42. The quantitative estimate of drug-likeness (QED) is 0.297. The Labute approximate surface area is 272 Å². The lowest BCUT2D eigenvalue weighted by atomic mass is 9.92. The van der Waals surface area contributed by atoms with Crippen molar-refractivity contribution in [2.24, 2.45) is 10.9 Å². The van der Waals surface area contributed by atoms with E-state index in [1.807, 2.05) is 9.80 Å². The fourth-order valence-corrected chi connectivity index (χ4v) is 8.45. The van der Waals surface area contributed by atoms with Crippen LogP contribution in [0.1, 0.15) is 54.5 Å². The van der Waals surface area contributed by atoms with Crippen molar-refractivity contribution in [1.82, 2.24) is 29.3 Å². The molecule has 2 atom stereocenters. The summed E-state index contributed by atoms with van der Waals surface area (Å²) >= 11 is 7.84. The number of nitrogens with zero attached hydrogens (tertiary/aromatic N) is 6. The molecule has 0 saturated carbocycles. The summed E-state index contributed by atoms with van der Waals surface area (Å²) in [6.07, 6.45) is 4.50. The molecule has 46 heavy (non-hydrogen) atoms. The number of aliphatic carboxylic acids is 1. The lowest BCUT2D eigenvalue weighted by molar-refractivity contribution is -0.138. The highest BCUT2D eigenvalue weighted by Gasteiger charge is 2.42. The molecule has 2 N–H and O–H groups in total. The Hall–Kier alpha value is -3.31. The van der Waals surface area contributed by atoms with Gasteiger partial charge in [0.05, 0.1) is 11.4 Å². The van der Waals surface area contributed by atoms with Crippen LogP contribution in [0, 0.1) is 11.7 Å². The minimum absolute atomic E-state index is 0.0920. The van der Waals surface area contributed by atoms with Gasteiger partial charge in [0, 0.05) is 71.6 Å². The third kappa shape index (κ3) is 7.15. The number of hydrogen-bond donors (Lipinski definition) is 2. The molecule has 3 aliphatic rings. The summed E-state index contributed by atoms with van der Waals surface area (Å²) in [5, 5.41) is 15.6. The summed E-state index contributed by atoms with van der Waals surface area (Å²) in [5.74, 6) is -0.964. The first kappa shape index (κ1) is 32.6. The molecule has 6 rings (SSSR count). The van der Waals surface area contributed by atoms with E-state index < -0.39 is 40.4 Å². The fourth-order valence-electron chi connectivity index (χ4n) is 6.26. The SMILES string of the molecule is O=C(O)CC1CCN(CCS(=O)(=O)N[C@H]2CC3=C(c4ccn(C(F)F)n4)[C@H](c4ccc(F)cc4Cl)N=C(c4nccs4)N3C2)CC1. The highest BCUT2D eigenvalue weighted by molar-refractivity contribution is 7.89. The number of carboxylic acids is 1. The number of piperidine rings is 1. The van der Waals surface area contributed by atoms with Gasteiger partial charge >= 0.3 is 12.5 Å². The number of carboxylic acid groups (broad SMARTS) is 1. The van der Waals surface area contributed by atoms with Crippen molar-refractivity contribution in [2.45, 2.75) is 44.3 Å². The van der Waals surface area contributed by atoms with Crippen molar-refractivity contribution in [3.8, 4) is 0 Å². The fraction of sp³-hybridized carbons (Fsp3) is 0.448. The Bertz CT molecular complexity index is 1760. The maximum Gasteiger partial charge on any atom is 0.333 e. The number of halogens is 4. The van der Waals surface area contributed by atoms with Gasteiger partial charge in [-0.25, -0.2) is 27.2 Å². The smallest absolute Gasteiger partial charge is 0.333 e. The van der Waals surface area contributed by atoms with Gasteiger partial charge in [-0.1, -0.05) is 17.7 Å². The zero-order chi connectivity index (χ0) is 32.6. The molecule has 3 aliphatic heterocycles. The van der Waals surface area contributed by atoms with Crippen molar-refractivity contribution in [2.75, 3.05) is 31.9 Å². The van der Waals surface area contributed by atoms with Gasteiger partial charge in [0.25, 0.3) is 0 Å². The first-order valence-corrected chi connectivity index (χ1v) is 17.6. The maximum absolute atomic E-state index is 14.1. The predicted molar refractivity (Wildman–Crippen MR) is 167 cm³/mol. The number of aromatic nitrogens is 3. The lowest BCUT2D eigenvalue weighted by Crippen LogP contribution is -2.43. The van der Waals surface area contributed by atoms with E-state index in [0.29, 0.717) is 64.8 Å². The van der Waals surface area contributed by atoms with Gasteiger partial charge in [0.1, 0.15) is 11.9 Å². The Morgan fingerprint density at radius 1 is 1.22 bits per heavy atom. The molecule has 0 unspecified atom stereocenters. The first-order chi connectivity index (χ1) is 22.0. The number of nitrogens with one attached hydrogen (secondary N) is 1.